The van der Waals surface area contributed by atoms with Crippen LogP contribution in [-0.4, -0.2) is 4.57 Å². The highest BCUT2D eigenvalue weighted by Gasteiger charge is 2.24. The molecular weight excluding hydrogens is 230 g/mol. The van der Waals surface area contributed by atoms with E-state index in [4.69, 9.17) is 0 Å². The van der Waals surface area contributed by atoms with Gasteiger partial charge in [-0.05, 0) is 42.4 Å². The maximum atomic E-state index is 2.54. The minimum atomic E-state index is 0. The van der Waals surface area contributed by atoms with Crippen LogP contribution in [0.5, 0.6) is 0 Å². The average molecular weight is 255 g/mol. The van der Waals surface area contributed by atoms with Gasteiger partial charge < -0.3 is 4.57 Å². The highest BCUT2D eigenvalue weighted by molar-refractivity contribution is 5.61. The predicted molar refractivity (Wildman–Crippen MR) is 83.4 cm³/mol. The Bertz CT molecular complexity index is 518. The lowest BCUT2D eigenvalue weighted by atomic mass is 10.1. The smallest absolute Gasteiger partial charge is 0.0482 e. The minimum Gasteiger partial charge on any atom is -0.344 e. The van der Waals surface area contributed by atoms with E-state index in [0.29, 0.717) is 5.92 Å². The summed E-state index contributed by atoms with van der Waals surface area (Å²) in [6, 6.07) is 15.3. The van der Waals surface area contributed by atoms with E-state index in [0.717, 1.165) is 5.92 Å². The summed E-state index contributed by atoms with van der Waals surface area (Å²) in [6.45, 7) is 5.77. The molecule has 0 saturated heterocycles. The monoisotopic (exact) mass is 255 g/mol. The fraction of sp³-hybridized carbons (Fsp3) is 0.444. The Balaban J connectivity index is 0.00000133. The first kappa shape index (κ1) is 13.9. The van der Waals surface area contributed by atoms with E-state index < -0.39 is 0 Å². The summed E-state index contributed by atoms with van der Waals surface area (Å²) in [7, 11) is 0. The fourth-order valence-electron chi connectivity index (χ4n) is 2.61. The van der Waals surface area contributed by atoms with Crippen molar-refractivity contribution in [3.8, 4) is 11.3 Å². The summed E-state index contributed by atoms with van der Waals surface area (Å²) < 4.78 is 2.54. The van der Waals surface area contributed by atoms with Crippen molar-refractivity contribution in [3.63, 3.8) is 0 Å². The van der Waals surface area contributed by atoms with Gasteiger partial charge >= 0.3 is 0 Å². The summed E-state index contributed by atoms with van der Waals surface area (Å²) in [4.78, 5) is 0. The van der Waals surface area contributed by atoms with E-state index in [-0.39, 0.29) is 7.43 Å². The standard InChI is InChI=1S/C17H21N.CH4/c1-13(2)16-10-11-17(15-6-4-3-5-7-15)18(16)12-14-8-9-14;/h3-7,10-11,13-14H,8-9,12H2,1-2H3;1H4. The van der Waals surface area contributed by atoms with Crippen molar-refractivity contribution in [3.05, 3.63) is 48.2 Å². The molecule has 1 aromatic carbocycles. The van der Waals surface area contributed by atoms with Crippen molar-refractivity contribution in [1.82, 2.24) is 4.57 Å². The van der Waals surface area contributed by atoms with Crippen LogP contribution >= 0.6 is 0 Å². The van der Waals surface area contributed by atoms with Gasteiger partial charge in [-0.3, -0.25) is 0 Å². The predicted octanol–water partition coefficient (Wildman–Crippen LogP) is 5.32. The zero-order chi connectivity index (χ0) is 12.5. The van der Waals surface area contributed by atoms with Gasteiger partial charge in [-0.25, -0.2) is 0 Å². The number of hydrogen-bond acceptors (Lipinski definition) is 0. The lowest BCUT2D eigenvalue weighted by Gasteiger charge is -2.15. The molecule has 1 aliphatic carbocycles. The molecule has 1 aliphatic rings. The topological polar surface area (TPSA) is 4.93 Å². The zero-order valence-corrected chi connectivity index (χ0v) is 11.3. The molecule has 102 valence electrons. The highest BCUT2D eigenvalue weighted by Crippen LogP contribution is 2.35. The molecule has 0 amide bonds. The van der Waals surface area contributed by atoms with Crippen molar-refractivity contribution in [2.24, 2.45) is 5.92 Å². The van der Waals surface area contributed by atoms with Crippen LogP contribution in [0, 0.1) is 5.92 Å². The molecule has 0 aliphatic heterocycles. The summed E-state index contributed by atoms with van der Waals surface area (Å²) in [5, 5.41) is 0. The SMILES string of the molecule is C.CC(C)c1ccc(-c2ccccc2)n1CC1CC1. The summed E-state index contributed by atoms with van der Waals surface area (Å²) >= 11 is 0. The van der Waals surface area contributed by atoms with Crippen LogP contribution in [0.1, 0.15) is 45.7 Å². The van der Waals surface area contributed by atoms with Gasteiger partial charge in [0.2, 0.25) is 0 Å². The van der Waals surface area contributed by atoms with Gasteiger partial charge in [-0.15, -0.1) is 0 Å². The molecule has 1 saturated carbocycles. The number of rotatable bonds is 4. The molecule has 3 rings (SSSR count). The molecular formula is C18H25N. The first-order valence-corrected chi connectivity index (χ1v) is 7.00. The molecule has 1 heteroatoms. The van der Waals surface area contributed by atoms with Gasteiger partial charge in [0.15, 0.2) is 0 Å². The maximum absolute atomic E-state index is 2.54. The Morgan fingerprint density at radius 1 is 1.05 bits per heavy atom. The number of hydrogen-bond donors (Lipinski definition) is 0. The third kappa shape index (κ3) is 2.91. The molecule has 1 fully saturated rings. The Labute approximate surface area is 117 Å². The lowest BCUT2D eigenvalue weighted by Crippen LogP contribution is -2.07. The third-order valence-corrected chi connectivity index (χ3v) is 3.81. The number of benzene rings is 1. The Kier molecular flexibility index (Phi) is 4.14. The molecule has 0 N–H and O–H groups in total. The van der Waals surface area contributed by atoms with Gasteiger partial charge in [-0.2, -0.15) is 0 Å². The second-order valence-electron chi connectivity index (χ2n) is 5.72. The van der Waals surface area contributed by atoms with Gasteiger partial charge in [0.1, 0.15) is 0 Å². The Hall–Kier alpha value is -1.50. The largest absolute Gasteiger partial charge is 0.344 e. The first-order chi connectivity index (χ1) is 8.75. The molecule has 0 spiro atoms. The molecule has 1 heterocycles. The third-order valence-electron chi connectivity index (χ3n) is 3.81. The zero-order valence-electron chi connectivity index (χ0n) is 11.3. The Morgan fingerprint density at radius 2 is 1.74 bits per heavy atom. The normalized spacial score (nSPS) is 14.5. The van der Waals surface area contributed by atoms with E-state index in [1.165, 1.54) is 36.3 Å². The molecule has 1 aromatic heterocycles. The molecule has 0 atom stereocenters. The number of nitrogens with zero attached hydrogens (tertiary/aromatic N) is 1. The molecule has 0 unspecified atom stereocenters. The summed E-state index contributed by atoms with van der Waals surface area (Å²) in [6.07, 6.45) is 2.81. The van der Waals surface area contributed by atoms with E-state index >= 15 is 0 Å². The number of aromatic nitrogens is 1. The quantitative estimate of drug-likeness (QED) is 0.696. The van der Waals surface area contributed by atoms with E-state index in [9.17, 15) is 0 Å². The van der Waals surface area contributed by atoms with Crippen LogP contribution in [0.4, 0.5) is 0 Å². The van der Waals surface area contributed by atoms with Crippen molar-refractivity contribution in [2.75, 3.05) is 0 Å². The van der Waals surface area contributed by atoms with Crippen LogP contribution in [-0.2, 0) is 6.54 Å². The van der Waals surface area contributed by atoms with Crippen molar-refractivity contribution in [1.29, 1.82) is 0 Å². The van der Waals surface area contributed by atoms with E-state index in [1.54, 1.807) is 0 Å². The lowest BCUT2D eigenvalue weighted by molar-refractivity contribution is 0.592. The van der Waals surface area contributed by atoms with Gasteiger partial charge in [-0.1, -0.05) is 51.6 Å². The molecule has 0 bridgehead atoms. The van der Waals surface area contributed by atoms with Crippen LogP contribution < -0.4 is 0 Å². The van der Waals surface area contributed by atoms with Gasteiger partial charge in [0, 0.05) is 17.9 Å². The molecule has 2 aromatic rings. The highest BCUT2D eigenvalue weighted by atomic mass is 15.0. The molecule has 1 nitrogen and oxygen atoms in total. The van der Waals surface area contributed by atoms with Crippen LogP contribution in [0.2, 0.25) is 0 Å². The summed E-state index contributed by atoms with van der Waals surface area (Å²) in [5.74, 6) is 1.51. The van der Waals surface area contributed by atoms with Crippen molar-refractivity contribution in [2.45, 2.75) is 46.6 Å². The Morgan fingerprint density at radius 3 is 2.32 bits per heavy atom. The first-order valence-electron chi connectivity index (χ1n) is 7.00. The van der Waals surface area contributed by atoms with Gasteiger partial charge in [0.05, 0.1) is 0 Å². The molecule has 0 radical (unpaired) electrons. The minimum absolute atomic E-state index is 0. The fourth-order valence-corrected chi connectivity index (χ4v) is 2.61. The second-order valence-corrected chi connectivity index (χ2v) is 5.72. The van der Waals surface area contributed by atoms with Crippen LogP contribution in [0.3, 0.4) is 0 Å². The summed E-state index contributed by atoms with van der Waals surface area (Å²) in [5.41, 5.74) is 4.19. The average Bonchev–Trinajstić information content (AvgIpc) is 3.08. The van der Waals surface area contributed by atoms with Gasteiger partial charge in [0.25, 0.3) is 0 Å². The van der Waals surface area contributed by atoms with E-state index in [2.05, 4.69) is 60.9 Å². The molecule has 19 heavy (non-hydrogen) atoms. The van der Waals surface area contributed by atoms with E-state index in [1.807, 2.05) is 0 Å². The maximum Gasteiger partial charge on any atom is 0.0482 e. The van der Waals surface area contributed by atoms with Crippen molar-refractivity contribution >= 4 is 0 Å². The second kappa shape index (κ2) is 5.64. The van der Waals surface area contributed by atoms with Crippen LogP contribution in [0.25, 0.3) is 11.3 Å². The van der Waals surface area contributed by atoms with Crippen molar-refractivity contribution < 1.29 is 0 Å². The van der Waals surface area contributed by atoms with Crippen LogP contribution in [0.15, 0.2) is 42.5 Å².